The molecule has 4 rings (SSSR count). The monoisotopic (exact) mass is 432 g/mol. The number of piperazine rings is 1. The third-order valence-electron chi connectivity index (χ3n) is 5.83. The topological polar surface area (TPSA) is 80.7 Å². The predicted molar refractivity (Wildman–Crippen MR) is 113 cm³/mol. The van der Waals surface area contributed by atoms with E-state index in [0.717, 1.165) is 44.0 Å². The summed E-state index contributed by atoms with van der Waals surface area (Å²) in [6.07, 6.45) is 3.74. The number of carbonyl (C=O) groups excluding carboxylic acids is 1. The second kappa shape index (κ2) is 10.3. The van der Waals surface area contributed by atoms with E-state index in [1.54, 1.807) is 0 Å². The molecule has 0 aromatic heterocycles. The summed E-state index contributed by atoms with van der Waals surface area (Å²) >= 11 is 0. The highest BCUT2D eigenvalue weighted by Gasteiger charge is 2.30. The number of nitrogens with zero attached hydrogens (tertiary/aromatic N) is 2. The van der Waals surface area contributed by atoms with Crippen LogP contribution in [-0.4, -0.2) is 73.3 Å². The number of ether oxygens (including phenoxy) is 4. The van der Waals surface area contributed by atoms with Crippen LogP contribution in [0, 0.1) is 5.92 Å². The normalized spacial score (nSPS) is 23.4. The molecule has 1 N–H and O–H groups in total. The maximum Gasteiger partial charge on any atom is 0.288 e. The Morgan fingerprint density at radius 2 is 1.97 bits per heavy atom. The average molecular weight is 433 g/mol. The van der Waals surface area contributed by atoms with Crippen molar-refractivity contribution in [3.8, 4) is 11.5 Å². The number of aliphatic hydroxyl groups excluding tert-OH is 1. The molecule has 3 aliphatic heterocycles. The van der Waals surface area contributed by atoms with E-state index in [0.29, 0.717) is 31.9 Å². The number of rotatable bonds is 8. The second-order valence-corrected chi connectivity index (χ2v) is 8.35. The molecule has 31 heavy (non-hydrogen) atoms. The van der Waals surface area contributed by atoms with E-state index < -0.39 is 6.29 Å². The first kappa shape index (κ1) is 21.9. The quantitative estimate of drug-likeness (QED) is 0.630. The molecule has 1 saturated heterocycles. The molecule has 1 aromatic rings. The van der Waals surface area contributed by atoms with Gasteiger partial charge in [-0.2, -0.15) is 0 Å². The third kappa shape index (κ3) is 5.70. The van der Waals surface area contributed by atoms with Crippen LogP contribution in [0.5, 0.6) is 11.5 Å². The van der Waals surface area contributed by atoms with Crippen LogP contribution in [0.25, 0.3) is 0 Å². The highest BCUT2D eigenvalue weighted by atomic mass is 16.7. The van der Waals surface area contributed by atoms with Crippen molar-refractivity contribution < 1.29 is 28.8 Å². The number of hydrogen-bond donors (Lipinski definition) is 1. The molecule has 2 atom stereocenters. The van der Waals surface area contributed by atoms with E-state index in [9.17, 15) is 4.79 Å². The van der Waals surface area contributed by atoms with Crippen molar-refractivity contribution in [3.63, 3.8) is 0 Å². The fourth-order valence-electron chi connectivity index (χ4n) is 4.07. The number of amides is 1. The summed E-state index contributed by atoms with van der Waals surface area (Å²) in [5, 5.41) is 8.88. The summed E-state index contributed by atoms with van der Waals surface area (Å²) in [7, 11) is 0. The minimum Gasteiger partial charge on any atom is -0.459 e. The first-order valence-electron chi connectivity index (χ1n) is 11.1. The Kier molecular flexibility index (Phi) is 7.32. The van der Waals surface area contributed by atoms with E-state index >= 15 is 0 Å². The van der Waals surface area contributed by atoms with E-state index in [-0.39, 0.29) is 25.2 Å². The molecule has 170 valence electrons. The van der Waals surface area contributed by atoms with Gasteiger partial charge in [-0.3, -0.25) is 9.69 Å². The molecule has 8 heteroatoms. The second-order valence-electron chi connectivity index (χ2n) is 8.35. The van der Waals surface area contributed by atoms with Crippen LogP contribution in [-0.2, 0) is 20.8 Å². The largest absolute Gasteiger partial charge is 0.459 e. The molecule has 0 radical (unpaired) electrons. The van der Waals surface area contributed by atoms with Crippen LogP contribution in [0.4, 0.5) is 0 Å². The lowest BCUT2D eigenvalue weighted by atomic mass is 10.0. The van der Waals surface area contributed by atoms with E-state index in [1.165, 1.54) is 5.56 Å². The van der Waals surface area contributed by atoms with Crippen LogP contribution in [0.3, 0.4) is 0 Å². The van der Waals surface area contributed by atoms with Gasteiger partial charge in [0.15, 0.2) is 17.3 Å². The Hall–Kier alpha value is -2.29. The zero-order valence-electron chi connectivity index (χ0n) is 18.1. The zero-order valence-corrected chi connectivity index (χ0v) is 18.1. The fraction of sp³-hybridized carbons (Fsp3) is 0.609. The molecule has 0 unspecified atom stereocenters. The van der Waals surface area contributed by atoms with Crippen LogP contribution in [0.15, 0.2) is 30.0 Å². The highest BCUT2D eigenvalue weighted by molar-refractivity contribution is 5.91. The standard InChI is InChI=1S/C23H32N2O6/c1-17-12-21(31-22(13-17)28-11-3-2-10-26)23(27)25-8-6-24(7-9-25)15-18-4-5-19-20(14-18)30-16-29-19/h4-5,12,14,17,22,26H,2-3,6-11,13,15-16H2,1H3/t17-,22+/m0/s1. The van der Waals surface area contributed by atoms with Crippen molar-refractivity contribution >= 4 is 5.91 Å². The minimum atomic E-state index is -0.398. The number of allylic oxidation sites excluding steroid dienone is 1. The van der Waals surface area contributed by atoms with Crippen LogP contribution in [0.2, 0.25) is 0 Å². The summed E-state index contributed by atoms with van der Waals surface area (Å²) in [6.45, 7) is 6.81. The Labute approximate surface area is 183 Å². The summed E-state index contributed by atoms with van der Waals surface area (Å²) in [4.78, 5) is 17.2. The van der Waals surface area contributed by atoms with Crippen molar-refractivity contribution in [2.24, 2.45) is 5.92 Å². The van der Waals surface area contributed by atoms with Gasteiger partial charge in [-0.25, -0.2) is 0 Å². The number of hydrogen-bond acceptors (Lipinski definition) is 7. The smallest absolute Gasteiger partial charge is 0.288 e. The van der Waals surface area contributed by atoms with Crippen LogP contribution < -0.4 is 9.47 Å². The highest BCUT2D eigenvalue weighted by Crippen LogP contribution is 2.33. The number of fused-ring (bicyclic) bond motifs is 1. The van der Waals surface area contributed by atoms with Crippen LogP contribution >= 0.6 is 0 Å². The molecule has 1 aromatic carbocycles. The first-order valence-corrected chi connectivity index (χ1v) is 11.1. The molecule has 1 amide bonds. The van der Waals surface area contributed by atoms with Crippen molar-refractivity contribution in [2.45, 2.75) is 39.0 Å². The molecule has 0 aliphatic carbocycles. The van der Waals surface area contributed by atoms with Crippen molar-refractivity contribution in [1.29, 1.82) is 0 Å². The molecule has 8 nitrogen and oxygen atoms in total. The number of unbranched alkanes of at least 4 members (excludes halogenated alkanes) is 1. The molecular formula is C23H32N2O6. The Morgan fingerprint density at radius 1 is 1.16 bits per heavy atom. The van der Waals surface area contributed by atoms with Gasteiger partial charge >= 0.3 is 0 Å². The summed E-state index contributed by atoms with van der Waals surface area (Å²) < 4.78 is 22.5. The van der Waals surface area contributed by atoms with Gasteiger partial charge in [0.1, 0.15) is 0 Å². The first-order chi connectivity index (χ1) is 15.1. The molecule has 3 aliphatic rings. The molecule has 0 bridgehead atoms. The molecule has 0 saturated carbocycles. The van der Waals surface area contributed by atoms with Gasteiger partial charge in [-0.1, -0.05) is 13.0 Å². The maximum atomic E-state index is 13.0. The maximum absolute atomic E-state index is 13.0. The van der Waals surface area contributed by atoms with Crippen molar-refractivity contribution in [1.82, 2.24) is 9.80 Å². The fourth-order valence-corrected chi connectivity index (χ4v) is 4.07. The SMILES string of the molecule is C[C@H]1C=C(C(=O)N2CCN(Cc3ccc4c(c3)OCO4)CC2)O[C@@H](OCCCCO)C1. The minimum absolute atomic E-state index is 0.0572. The molecule has 1 fully saturated rings. The van der Waals surface area contributed by atoms with Gasteiger partial charge in [0.2, 0.25) is 13.1 Å². The summed E-state index contributed by atoms with van der Waals surface area (Å²) in [5.41, 5.74) is 1.18. The van der Waals surface area contributed by atoms with Crippen LogP contribution in [0.1, 0.15) is 31.7 Å². The average Bonchev–Trinajstić information content (AvgIpc) is 3.24. The van der Waals surface area contributed by atoms with Gasteiger partial charge < -0.3 is 29.0 Å². The Bertz CT molecular complexity index is 790. The zero-order chi connectivity index (χ0) is 21.6. The van der Waals surface area contributed by atoms with Gasteiger partial charge in [0, 0.05) is 45.8 Å². The van der Waals surface area contributed by atoms with E-state index in [4.69, 9.17) is 24.1 Å². The molecule has 0 spiro atoms. The lowest BCUT2D eigenvalue weighted by Crippen LogP contribution is -2.49. The van der Waals surface area contributed by atoms with E-state index in [2.05, 4.69) is 17.9 Å². The number of aliphatic hydroxyl groups is 1. The number of benzene rings is 1. The lowest BCUT2D eigenvalue weighted by Gasteiger charge is -2.36. The lowest BCUT2D eigenvalue weighted by molar-refractivity contribution is -0.155. The summed E-state index contributed by atoms with van der Waals surface area (Å²) in [6, 6.07) is 6.05. The van der Waals surface area contributed by atoms with Crippen molar-refractivity contribution in [2.75, 3.05) is 46.2 Å². The predicted octanol–water partition coefficient (Wildman–Crippen LogP) is 2.11. The Morgan fingerprint density at radius 3 is 2.77 bits per heavy atom. The van der Waals surface area contributed by atoms with E-state index in [1.807, 2.05) is 23.1 Å². The third-order valence-corrected chi connectivity index (χ3v) is 5.83. The van der Waals surface area contributed by atoms with Gasteiger partial charge in [-0.15, -0.1) is 0 Å². The van der Waals surface area contributed by atoms with Gasteiger partial charge in [0.05, 0.1) is 6.61 Å². The van der Waals surface area contributed by atoms with Gasteiger partial charge in [0.25, 0.3) is 5.91 Å². The van der Waals surface area contributed by atoms with Crippen molar-refractivity contribution in [3.05, 3.63) is 35.6 Å². The summed E-state index contributed by atoms with van der Waals surface area (Å²) in [5.74, 6) is 2.16. The molecule has 3 heterocycles. The Balaban J connectivity index is 1.25. The number of carbonyl (C=O) groups is 1. The molecular weight excluding hydrogens is 400 g/mol. The van der Waals surface area contributed by atoms with Gasteiger partial charge in [-0.05, 0) is 42.5 Å².